The topological polar surface area (TPSA) is 69.6 Å². The van der Waals surface area contributed by atoms with Crippen LogP contribution in [0.4, 0.5) is 0 Å². The molecule has 2 N–H and O–H groups in total. The number of carboxylic acid groups (broad SMARTS) is 1. The number of carbonyl (C=O) groups is 2. The Morgan fingerprint density at radius 2 is 1.88 bits per heavy atom. The highest BCUT2D eigenvalue weighted by atomic mass is 16.4. The maximum Gasteiger partial charge on any atom is 0.326 e. The second-order valence-corrected chi connectivity index (χ2v) is 4.93. The molecule has 17 heavy (non-hydrogen) atoms. The quantitative estimate of drug-likeness (QED) is 0.719. The summed E-state index contributed by atoms with van der Waals surface area (Å²) in [5.74, 6) is -1.23. The number of nitrogens with one attached hydrogen (secondary N) is 1. The first-order valence-electron chi connectivity index (χ1n) is 6.25. The molecule has 1 fully saturated rings. The van der Waals surface area contributed by atoms with Crippen molar-refractivity contribution in [3.63, 3.8) is 0 Å². The predicted molar refractivity (Wildman–Crippen MR) is 64.7 cm³/mol. The van der Waals surface area contributed by atoms with Crippen molar-refractivity contribution in [1.29, 1.82) is 0 Å². The van der Waals surface area contributed by atoms with E-state index in [4.69, 9.17) is 5.11 Å². The van der Waals surface area contributed by atoms with Crippen LogP contribution in [-0.2, 0) is 9.59 Å². The van der Waals surface area contributed by atoms with Gasteiger partial charge in [0.25, 0.3) is 0 Å². The summed E-state index contributed by atoms with van der Waals surface area (Å²) in [5, 5.41) is 11.5. The Balaban J connectivity index is 2.29. The molecule has 0 bridgehead atoms. The average Bonchev–Trinajstić information content (AvgIpc) is 2.74. The summed E-state index contributed by atoms with van der Waals surface area (Å²) in [7, 11) is 0. The summed E-state index contributed by atoms with van der Waals surface area (Å²) >= 11 is 0. The Morgan fingerprint density at radius 1 is 1.29 bits per heavy atom. The monoisotopic (exact) mass is 242 g/mol. The van der Waals surface area contributed by atoms with Gasteiger partial charge in [-0.05, 0) is 31.8 Å². The van der Waals surface area contributed by atoms with Crippen molar-refractivity contribution in [2.24, 2.45) is 5.92 Å². The third-order valence-electron chi connectivity index (χ3n) is 3.10. The average molecular weight is 242 g/mol. The molecule has 1 amide bonds. The zero-order valence-corrected chi connectivity index (χ0v) is 10.6. The molecule has 0 aromatic carbocycles. The molecular weight excluding hydrogens is 220 g/mol. The number of hydrogen-bond donors (Lipinski definition) is 2. The zero-order chi connectivity index (χ0) is 12.8. The van der Waals surface area contributed by atoms with Crippen LogP contribution in [0.3, 0.4) is 0 Å². The maximum atomic E-state index is 11.6. The van der Waals surface area contributed by atoms with E-state index in [9.17, 15) is 9.59 Å². The molecular formula is C12H22N2O3. The number of amides is 1. The van der Waals surface area contributed by atoms with Crippen molar-refractivity contribution in [2.45, 2.75) is 39.2 Å². The number of likely N-dealkylation sites (tertiary alicyclic amines) is 1. The lowest BCUT2D eigenvalue weighted by Crippen LogP contribution is -2.45. The Bertz CT molecular complexity index is 273. The largest absolute Gasteiger partial charge is 0.480 e. The second-order valence-electron chi connectivity index (χ2n) is 4.93. The lowest BCUT2D eigenvalue weighted by atomic mass is 10.0. The highest BCUT2D eigenvalue weighted by Crippen LogP contribution is 2.08. The van der Waals surface area contributed by atoms with Gasteiger partial charge in [-0.15, -0.1) is 0 Å². The van der Waals surface area contributed by atoms with E-state index in [1.165, 1.54) is 12.8 Å². The van der Waals surface area contributed by atoms with E-state index in [-0.39, 0.29) is 11.8 Å². The van der Waals surface area contributed by atoms with Gasteiger partial charge in [-0.25, -0.2) is 4.79 Å². The maximum absolute atomic E-state index is 11.6. The fourth-order valence-electron chi connectivity index (χ4n) is 2.03. The molecule has 0 spiro atoms. The molecule has 1 saturated heterocycles. The van der Waals surface area contributed by atoms with Crippen LogP contribution in [0, 0.1) is 5.92 Å². The number of nitrogens with zero attached hydrogens (tertiary/aromatic N) is 1. The molecule has 0 aromatic rings. The van der Waals surface area contributed by atoms with Gasteiger partial charge in [-0.3, -0.25) is 4.79 Å². The van der Waals surface area contributed by atoms with Crippen LogP contribution in [0.5, 0.6) is 0 Å². The van der Waals surface area contributed by atoms with Crippen LogP contribution in [-0.4, -0.2) is 47.6 Å². The number of rotatable bonds is 6. The summed E-state index contributed by atoms with van der Waals surface area (Å²) in [5.41, 5.74) is 0. The summed E-state index contributed by atoms with van der Waals surface area (Å²) in [4.78, 5) is 24.8. The fraction of sp³-hybridized carbons (Fsp3) is 0.833. The van der Waals surface area contributed by atoms with Crippen LogP contribution < -0.4 is 5.32 Å². The van der Waals surface area contributed by atoms with Gasteiger partial charge in [0.05, 0.1) is 0 Å². The minimum atomic E-state index is -0.963. The van der Waals surface area contributed by atoms with Gasteiger partial charge < -0.3 is 15.3 Å². The lowest BCUT2D eigenvalue weighted by molar-refractivity contribution is -0.143. The van der Waals surface area contributed by atoms with E-state index in [0.29, 0.717) is 6.42 Å². The van der Waals surface area contributed by atoms with Crippen molar-refractivity contribution in [3.05, 3.63) is 0 Å². The smallest absolute Gasteiger partial charge is 0.326 e. The molecule has 0 aliphatic carbocycles. The van der Waals surface area contributed by atoms with Crippen molar-refractivity contribution in [1.82, 2.24) is 10.2 Å². The summed E-state index contributed by atoms with van der Waals surface area (Å²) in [6.07, 6.45) is 2.78. The van der Waals surface area contributed by atoms with Crippen LogP contribution >= 0.6 is 0 Å². The van der Waals surface area contributed by atoms with Crippen LogP contribution in [0.25, 0.3) is 0 Å². The van der Waals surface area contributed by atoms with E-state index in [1.807, 2.05) is 0 Å². The van der Waals surface area contributed by atoms with Gasteiger partial charge in [-0.2, -0.15) is 0 Å². The lowest BCUT2D eigenvalue weighted by Gasteiger charge is -2.19. The van der Waals surface area contributed by atoms with Crippen molar-refractivity contribution >= 4 is 11.9 Å². The van der Waals surface area contributed by atoms with Crippen molar-refractivity contribution in [2.75, 3.05) is 19.6 Å². The SMILES string of the molecule is CC(C)C(NC(=O)CCN1CCCC1)C(=O)O. The number of aliphatic carboxylic acids is 1. The third-order valence-corrected chi connectivity index (χ3v) is 3.10. The molecule has 1 aliphatic rings. The van der Waals surface area contributed by atoms with Gasteiger partial charge >= 0.3 is 5.97 Å². The Morgan fingerprint density at radius 3 is 2.35 bits per heavy atom. The molecule has 1 aliphatic heterocycles. The van der Waals surface area contributed by atoms with Crippen LogP contribution in [0.15, 0.2) is 0 Å². The highest BCUT2D eigenvalue weighted by Gasteiger charge is 2.23. The van der Waals surface area contributed by atoms with E-state index in [0.717, 1.165) is 19.6 Å². The number of hydrogen-bond acceptors (Lipinski definition) is 3. The van der Waals surface area contributed by atoms with E-state index in [2.05, 4.69) is 10.2 Å². The second kappa shape index (κ2) is 6.59. The normalized spacial score (nSPS) is 18.3. The standard InChI is InChI=1S/C12H22N2O3/c1-9(2)11(12(16)17)13-10(15)5-8-14-6-3-4-7-14/h9,11H,3-8H2,1-2H3,(H,13,15)(H,16,17). The number of carbonyl (C=O) groups excluding carboxylic acids is 1. The zero-order valence-electron chi connectivity index (χ0n) is 10.6. The van der Waals surface area contributed by atoms with Gasteiger partial charge in [-0.1, -0.05) is 13.8 Å². The summed E-state index contributed by atoms with van der Waals surface area (Å²) < 4.78 is 0. The fourth-order valence-corrected chi connectivity index (χ4v) is 2.03. The summed E-state index contributed by atoms with van der Waals surface area (Å²) in [6.45, 7) is 6.43. The van der Waals surface area contributed by atoms with E-state index in [1.54, 1.807) is 13.8 Å². The minimum absolute atomic E-state index is 0.0942. The van der Waals surface area contributed by atoms with Crippen LogP contribution in [0.2, 0.25) is 0 Å². The summed E-state index contributed by atoms with van der Waals surface area (Å²) in [6, 6.07) is -0.777. The van der Waals surface area contributed by atoms with Crippen molar-refractivity contribution < 1.29 is 14.7 Å². The van der Waals surface area contributed by atoms with Crippen molar-refractivity contribution in [3.8, 4) is 0 Å². The van der Waals surface area contributed by atoms with Crippen LogP contribution in [0.1, 0.15) is 33.1 Å². The van der Waals surface area contributed by atoms with Gasteiger partial charge in [0.15, 0.2) is 0 Å². The first kappa shape index (κ1) is 14.0. The molecule has 1 heterocycles. The molecule has 98 valence electrons. The Kier molecular flexibility index (Phi) is 5.41. The molecule has 0 saturated carbocycles. The molecule has 1 rings (SSSR count). The molecule has 1 atom stereocenters. The van der Waals surface area contributed by atoms with Gasteiger partial charge in [0.2, 0.25) is 5.91 Å². The highest BCUT2D eigenvalue weighted by molar-refractivity contribution is 5.83. The van der Waals surface area contributed by atoms with Gasteiger partial charge in [0.1, 0.15) is 6.04 Å². The molecule has 1 unspecified atom stereocenters. The first-order valence-corrected chi connectivity index (χ1v) is 6.25. The molecule has 0 radical (unpaired) electrons. The van der Waals surface area contributed by atoms with E-state index >= 15 is 0 Å². The third kappa shape index (κ3) is 4.73. The predicted octanol–water partition coefficient (Wildman–Crippen LogP) is 0.698. The Hall–Kier alpha value is -1.10. The minimum Gasteiger partial charge on any atom is -0.480 e. The molecule has 5 nitrogen and oxygen atoms in total. The Labute approximate surface area is 102 Å². The molecule has 5 heteroatoms. The molecule has 0 aromatic heterocycles. The van der Waals surface area contributed by atoms with Gasteiger partial charge in [0, 0.05) is 13.0 Å². The first-order chi connectivity index (χ1) is 8.00. The van der Waals surface area contributed by atoms with E-state index < -0.39 is 12.0 Å². The number of carboxylic acids is 1.